The molecule has 1 aromatic carbocycles. The minimum Gasteiger partial charge on any atom is -0.489 e. The SMILES string of the molecule is CCN(CC)CCCC(C)NC(=NC)NCC(C)Oc1cccc(F)c1. The van der Waals surface area contributed by atoms with Crippen LogP contribution in [0.25, 0.3) is 0 Å². The molecule has 0 spiro atoms. The van der Waals surface area contributed by atoms with Crippen LogP contribution in [0.3, 0.4) is 0 Å². The van der Waals surface area contributed by atoms with E-state index in [9.17, 15) is 4.39 Å². The summed E-state index contributed by atoms with van der Waals surface area (Å²) < 4.78 is 18.9. The van der Waals surface area contributed by atoms with Crippen LogP contribution in [0.2, 0.25) is 0 Å². The molecule has 26 heavy (non-hydrogen) atoms. The number of hydrogen-bond donors (Lipinski definition) is 2. The Hall–Kier alpha value is -1.82. The van der Waals surface area contributed by atoms with E-state index in [1.807, 2.05) is 6.92 Å². The van der Waals surface area contributed by atoms with E-state index in [-0.39, 0.29) is 11.9 Å². The van der Waals surface area contributed by atoms with Crippen molar-refractivity contribution in [1.29, 1.82) is 0 Å². The molecule has 2 N–H and O–H groups in total. The van der Waals surface area contributed by atoms with E-state index < -0.39 is 0 Å². The van der Waals surface area contributed by atoms with Gasteiger partial charge in [0.15, 0.2) is 5.96 Å². The van der Waals surface area contributed by atoms with Crippen LogP contribution in [0, 0.1) is 5.82 Å². The van der Waals surface area contributed by atoms with Crippen LogP contribution in [0.1, 0.15) is 40.5 Å². The van der Waals surface area contributed by atoms with Crippen molar-refractivity contribution in [3.05, 3.63) is 30.1 Å². The molecular formula is C20H35FN4O. The number of halogens is 1. The molecule has 0 amide bonds. The summed E-state index contributed by atoms with van der Waals surface area (Å²) in [5.41, 5.74) is 0. The first-order valence-electron chi connectivity index (χ1n) is 9.60. The molecule has 0 aliphatic rings. The van der Waals surface area contributed by atoms with Crippen molar-refractivity contribution in [2.75, 3.05) is 33.2 Å². The third kappa shape index (κ3) is 9.04. The lowest BCUT2D eigenvalue weighted by atomic mass is 10.2. The quantitative estimate of drug-likeness (QED) is 0.466. The number of nitrogens with one attached hydrogen (secondary N) is 2. The number of ether oxygens (including phenoxy) is 1. The molecule has 0 fully saturated rings. The van der Waals surface area contributed by atoms with Crippen molar-refractivity contribution in [2.45, 2.75) is 52.7 Å². The second-order valence-corrected chi connectivity index (χ2v) is 6.55. The molecule has 0 saturated heterocycles. The zero-order chi connectivity index (χ0) is 19.4. The van der Waals surface area contributed by atoms with Crippen molar-refractivity contribution in [1.82, 2.24) is 15.5 Å². The molecule has 5 nitrogen and oxygen atoms in total. The largest absolute Gasteiger partial charge is 0.489 e. The molecule has 0 heterocycles. The number of guanidine groups is 1. The van der Waals surface area contributed by atoms with Gasteiger partial charge in [-0.2, -0.15) is 0 Å². The smallest absolute Gasteiger partial charge is 0.191 e. The molecule has 2 unspecified atom stereocenters. The van der Waals surface area contributed by atoms with Crippen molar-refractivity contribution in [2.24, 2.45) is 4.99 Å². The van der Waals surface area contributed by atoms with Gasteiger partial charge < -0.3 is 20.3 Å². The fraction of sp³-hybridized carbons (Fsp3) is 0.650. The standard InChI is InChI=1S/C20H35FN4O/c1-6-25(7-2)13-9-10-16(3)24-20(22-5)23-15-17(4)26-19-12-8-11-18(21)14-19/h8,11-12,14,16-17H,6-7,9-10,13,15H2,1-5H3,(H2,22,23,24). The summed E-state index contributed by atoms with van der Waals surface area (Å²) in [4.78, 5) is 6.70. The topological polar surface area (TPSA) is 48.9 Å². The number of aliphatic imine (C=N–C) groups is 1. The summed E-state index contributed by atoms with van der Waals surface area (Å²) in [6.07, 6.45) is 2.15. The molecule has 0 saturated carbocycles. The van der Waals surface area contributed by atoms with Crippen LogP contribution in [0.5, 0.6) is 5.75 Å². The molecule has 0 aliphatic heterocycles. The van der Waals surface area contributed by atoms with Gasteiger partial charge >= 0.3 is 0 Å². The highest BCUT2D eigenvalue weighted by molar-refractivity contribution is 5.79. The van der Waals surface area contributed by atoms with E-state index in [1.54, 1.807) is 19.2 Å². The molecule has 1 aromatic rings. The van der Waals surface area contributed by atoms with Crippen molar-refractivity contribution < 1.29 is 9.13 Å². The number of nitrogens with zero attached hydrogens (tertiary/aromatic N) is 2. The fourth-order valence-corrected chi connectivity index (χ4v) is 2.72. The summed E-state index contributed by atoms with van der Waals surface area (Å²) in [5.74, 6) is 1.00. The van der Waals surface area contributed by atoms with Gasteiger partial charge in [-0.25, -0.2) is 4.39 Å². The summed E-state index contributed by atoms with van der Waals surface area (Å²) in [6, 6.07) is 6.54. The molecule has 148 valence electrons. The Morgan fingerprint density at radius 2 is 2.00 bits per heavy atom. The number of hydrogen-bond acceptors (Lipinski definition) is 3. The van der Waals surface area contributed by atoms with Gasteiger partial charge in [0.2, 0.25) is 0 Å². The van der Waals surface area contributed by atoms with Gasteiger partial charge in [-0.3, -0.25) is 4.99 Å². The Labute approximate surface area is 158 Å². The van der Waals surface area contributed by atoms with E-state index >= 15 is 0 Å². The first-order chi connectivity index (χ1) is 12.5. The Kier molecular flexibility index (Phi) is 10.7. The van der Waals surface area contributed by atoms with Crippen LogP contribution < -0.4 is 15.4 Å². The fourth-order valence-electron chi connectivity index (χ4n) is 2.72. The third-order valence-electron chi connectivity index (χ3n) is 4.30. The maximum atomic E-state index is 13.2. The summed E-state index contributed by atoms with van der Waals surface area (Å²) >= 11 is 0. The average molecular weight is 367 g/mol. The first-order valence-corrected chi connectivity index (χ1v) is 9.60. The lowest BCUT2D eigenvalue weighted by molar-refractivity contribution is 0.223. The van der Waals surface area contributed by atoms with Crippen molar-refractivity contribution in [3.63, 3.8) is 0 Å². The molecule has 0 radical (unpaired) electrons. The van der Waals surface area contributed by atoms with Crippen LogP contribution in [-0.2, 0) is 0 Å². The van der Waals surface area contributed by atoms with Crippen LogP contribution in [0.4, 0.5) is 4.39 Å². The van der Waals surface area contributed by atoms with Gasteiger partial charge in [0, 0.05) is 19.2 Å². The van der Waals surface area contributed by atoms with Crippen LogP contribution in [0.15, 0.2) is 29.3 Å². The Morgan fingerprint density at radius 1 is 1.27 bits per heavy atom. The molecule has 1 rings (SSSR count). The third-order valence-corrected chi connectivity index (χ3v) is 4.30. The molecule has 0 aliphatic carbocycles. The zero-order valence-corrected chi connectivity index (χ0v) is 16.9. The van der Waals surface area contributed by atoms with E-state index in [2.05, 4.69) is 41.3 Å². The summed E-state index contributed by atoms with van der Waals surface area (Å²) in [6.45, 7) is 12.4. The van der Waals surface area contributed by atoms with Gasteiger partial charge in [-0.1, -0.05) is 19.9 Å². The van der Waals surface area contributed by atoms with Gasteiger partial charge in [0.05, 0.1) is 6.54 Å². The predicted molar refractivity (Wildman–Crippen MR) is 107 cm³/mol. The summed E-state index contributed by atoms with van der Waals surface area (Å²) in [7, 11) is 1.76. The maximum absolute atomic E-state index is 13.2. The average Bonchev–Trinajstić information content (AvgIpc) is 2.62. The van der Waals surface area contributed by atoms with E-state index in [0.29, 0.717) is 18.3 Å². The normalized spacial score (nSPS) is 14.2. The Bertz CT molecular complexity index is 534. The lowest BCUT2D eigenvalue weighted by Gasteiger charge is -2.22. The van der Waals surface area contributed by atoms with Gasteiger partial charge in [0.1, 0.15) is 17.7 Å². The second kappa shape index (κ2) is 12.5. The highest BCUT2D eigenvalue weighted by atomic mass is 19.1. The number of rotatable bonds is 11. The Balaban J connectivity index is 2.31. The molecule has 2 atom stereocenters. The lowest BCUT2D eigenvalue weighted by Crippen LogP contribution is -2.45. The molecule has 0 bridgehead atoms. The zero-order valence-electron chi connectivity index (χ0n) is 16.9. The number of benzene rings is 1. The molecule has 0 aromatic heterocycles. The van der Waals surface area contributed by atoms with Gasteiger partial charge in [-0.15, -0.1) is 0 Å². The summed E-state index contributed by atoms with van der Waals surface area (Å²) in [5, 5.41) is 6.68. The highest BCUT2D eigenvalue weighted by Crippen LogP contribution is 2.13. The maximum Gasteiger partial charge on any atom is 0.191 e. The Morgan fingerprint density at radius 3 is 2.62 bits per heavy atom. The van der Waals surface area contributed by atoms with E-state index in [0.717, 1.165) is 38.4 Å². The minimum atomic E-state index is -0.293. The predicted octanol–water partition coefficient (Wildman–Crippen LogP) is 3.27. The monoisotopic (exact) mass is 366 g/mol. The minimum absolute atomic E-state index is 0.103. The van der Waals surface area contributed by atoms with E-state index in [1.165, 1.54) is 12.1 Å². The van der Waals surface area contributed by atoms with Crippen molar-refractivity contribution >= 4 is 5.96 Å². The molecule has 6 heteroatoms. The van der Waals surface area contributed by atoms with Crippen LogP contribution >= 0.6 is 0 Å². The second-order valence-electron chi connectivity index (χ2n) is 6.55. The van der Waals surface area contributed by atoms with Crippen LogP contribution in [-0.4, -0.2) is 56.2 Å². The molecular weight excluding hydrogens is 331 g/mol. The van der Waals surface area contributed by atoms with Crippen molar-refractivity contribution in [3.8, 4) is 5.75 Å². The van der Waals surface area contributed by atoms with Gasteiger partial charge in [0.25, 0.3) is 0 Å². The van der Waals surface area contributed by atoms with E-state index in [4.69, 9.17) is 4.74 Å². The first kappa shape index (κ1) is 22.2. The highest BCUT2D eigenvalue weighted by Gasteiger charge is 2.09. The van der Waals surface area contributed by atoms with Gasteiger partial charge in [-0.05, 0) is 58.5 Å².